The Morgan fingerprint density at radius 1 is 1.10 bits per heavy atom. The normalized spacial score (nSPS) is 22.1. The van der Waals surface area contributed by atoms with Gasteiger partial charge in [0.1, 0.15) is 6.10 Å². The lowest BCUT2D eigenvalue weighted by molar-refractivity contribution is -0.0719. The maximum atomic E-state index is 12.4. The average molecular weight is 299 g/mol. The summed E-state index contributed by atoms with van der Waals surface area (Å²) in [6, 6.07) is 3.25. The quantitative estimate of drug-likeness (QED) is 0.783. The molecule has 20 heavy (non-hydrogen) atoms. The van der Waals surface area contributed by atoms with E-state index in [-0.39, 0.29) is 12.4 Å². The van der Waals surface area contributed by atoms with Crippen LogP contribution in [-0.2, 0) is 9.47 Å². The Labute approximate surface area is 121 Å². The fraction of sp³-hybridized carbons (Fsp3) is 0.500. The number of carbonyl (C=O) groups excluding carboxylic acids is 1. The van der Waals surface area contributed by atoms with Crippen molar-refractivity contribution in [3.05, 3.63) is 22.7 Å². The SMILES string of the molecule is O=C(c1cc2c(cc1Cl)OCCCO2)C1COCCO1. The molecular weight excluding hydrogens is 284 g/mol. The molecule has 1 fully saturated rings. The third-order valence-corrected chi connectivity index (χ3v) is 3.52. The van der Waals surface area contributed by atoms with Crippen molar-refractivity contribution in [2.45, 2.75) is 12.5 Å². The van der Waals surface area contributed by atoms with Gasteiger partial charge in [-0.05, 0) is 6.07 Å². The van der Waals surface area contributed by atoms with Crippen LogP contribution < -0.4 is 9.47 Å². The molecule has 1 aromatic carbocycles. The van der Waals surface area contributed by atoms with Gasteiger partial charge in [0.2, 0.25) is 0 Å². The van der Waals surface area contributed by atoms with Crippen LogP contribution in [0.4, 0.5) is 0 Å². The van der Waals surface area contributed by atoms with E-state index in [1.54, 1.807) is 12.1 Å². The zero-order valence-electron chi connectivity index (χ0n) is 10.9. The fourth-order valence-corrected chi connectivity index (χ4v) is 2.43. The van der Waals surface area contributed by atoms with Crippen LogP contribution in [0.5, 0.6) is 11.5 Å². The maximum absolute atomic E-state index is 12.4. The van der Waals surface area contributed by atoms with Gasteiger partial charge in [0, 0.05) is 18.1 Å². The number of hydrogen-bond donors (Lipinski definition) is 0. The molecule has 2 heterocycles. The minimum absolute atomic E-state index is 0.189. The highest BCUT2D eigenvalue weighted by atomic mass is 35.5. The van der Waals surface area contributed by atoms with Crippen LogP contribution >= 0.6 is 11.6 Å². The monoisotopic (exact) mass is 298 g/mol. The van der Waals surface area contributed by atoms with E-state index < -0.39 is 6.10 Å². The number of ketones is 1. The van der Waals surface area contributed by atoms with Crippen LogP contribution in [0, 0.1) is 0 Å². The van der Waals surface area contributed by atoms with Crippen molar-refractivity contribution in [2.75, 3.05) is 33.0 Å². The van der Waals surface area contributed by atoms with E-state index in [0.717, 1.165) is 6.42 Å². The van der Waals surface area contributed by atoms with Gasteiger partial charge in [-0.3, -0.25) is 4.79 Å². The molecule has 2 aliphatic heterocycles. The van der Waals surface area contributed by atoms with Crippen molar-refractivity contribution in [1.29, 1.82) is 0 Å². The Hall–Kier alpha value is -1.30. The van der Waals surface area contributed by atoms with Gasteiger partial charge in [0.15, 0.2) is 17.3 Å². The minimum atomic E-state index is -0.606. The lowest BCUT2D eigenvalue weighted by Gasteiger charge is -2.22. The molecule has 0 bridgehead atoms. The van der Waals surface area contributed by atoms with Crippen molar-refractivity contribution >= 4 is 17.4 Å². The molecule has 1 aromatic rings. The third kappa shape index (κ3) is 2.75. The van der Waals surface area contributed by atoms with Crippen LogP contribution in [0.3, 0.4) is 0 Å². The van der Waals surface area contributed by atoms with E-state index in [2.05, 4.69) is 0 Å². The Morgan fingerprint density at radius 2 is 1.85 bits per heavy atom. The standard InChI is InChI=1S/C14H15ClO5/c15-10-7-12-11(18-2-1-3-19-12)6-9(10)14(16)13-8-17-4-5-20-13/h6-7,13H,1-5,8H2. The smallest absolute Gasteiger partial charge is 0.195 e. The Balaban J connectivity index is 1.88. The molecule has 0 radical (unpaired) electrons. The van der Waals surface area contributed by atoms with Crippen LogP contribution in [0.2, 0.25) is 5.02 Å². The van der Waals surface area contributed by atoms with Gasteiger partial charge in [-0.2, -0.15) is 0 Å². The summed E-state index contributed by atoms with van der Waals surface area (Å²) < 4.78 is 21.8. The van der Waals surface area contributed by atoms with E-state index in [1.165, 1.54) is 0 Å². The summed E-state index contributed by atoms with van der Waals surface area (Å²) in [6.45, 7) is 2.32. The molecule has 0 amide bonds. The summed E-state index contributed by atoms with van der Waals surface area (Å²) in [6.07, 6.45) is 0.195. The molecule has 5 nitrogen and oxygen atoms in total. The first kappa shape index (κ1) is 13.7. The van der Waals surface area contributed by atoms with Gasteiger partial charge in [0.05, 0.1) is 38.1 Å². The molecule has 0 spiro atoms. The highest BCUT2D eigenvalue weighted by molar-refractivity contribution is 6.34. The predicted molar refractivity (Wildman–Crippen MR) is 71.9 cm³/mol. The second-order valence-electron chi connectivity index (χ2n) is 4.63. The van der Waals surface area contributed by atoms with Crippen LogP contribution in [0.15, 0.2) is 12.1 Å². The molecule has 0 N–H and O–H groups in total. The molecule has 0 saturated carbocycles. The van der Waals surface area contributed by atoms with Crippen molar-refractivity contribution in [3.63, 3.8) is 0 Å². The van der Waals surface area contributed by atoms with E-state index in [9.17, 15) is 4.79 Å². The number of benzene rings is 1. The largest absolute Gasteiger partial charge is 0.490 e. The molecule has 1 atom stereocenters. The highest BCUT2D eigenvalue weighted by Crippen LogP contribution is 2.35. The van der Waals surface area contributed by atoms with Gasteiger partial charge in [-0.1, -0.05) is 11.6 Å². The van der Waals surface area contributed by atoms with Crippen molar-refractivity contribution in [3.8, 4) is 11.5 Å². The molecule has 0 aliphatic carbocycles. The summed E-state index contributed by atoms with van der Waals surface area (Å²) in [5, 5.41) is 0.341. The second-order valence-corrected chi connectivity index (χ2v) is 5.04. The first-order valence-electron chi connectivity index (χ1n) is 6.58. The predicted octanol–water partition coefficient (Wildman–Crippen LogP) is 2.10. The number of carbonyl (C=O) groups is 1. The van der Waals surface area contributed by atoms with Gasteiger partial charge in [-0.15, -0.1) is 0 Å². The van der Waals surface area contributed by atoms with Gasteiger partial charge >= 0.3 is 0 Å². The van der Waals surface area contributed by atoms with Gasteiger partial charge < -0.3 is 18.9 Å². The van der Waals surface area contributed by atoms with Gasteiger partial charge in [0.25, 0.3) is 0 Å². The van der Waals surface area contributed by atoms with Crippen molar-refractivity contribution in [1.82, 2.24) is 0 Å². The molecular formula is C14H15ClO5. The molecule has 6 heteroatoms. The summed E-state index contributed by atoms with van der Waals surface area (Å²) in [4.78, 5) is 12.4. The molecule has 0 aromatic heterocycles. The summed E-state index contributed by atoms with van der Waals surface area (Å²) in [5.41, 5.74) is 0.381. The topological polar surface area (TPSA) is 54.0 Å². The molecule has 2 aliphatic rings. The summed E-state index contributed by atoms with van der Waals surface area (Å²) in [7, 11) is 0. The molecule has 3 rings (SSSR count). The molecule has 1 unspecified atom stereocenters. The minimum Gasteiger partial charge on any atom is -0.490 e. The number of fused-ring (bicyclic) bond motifs is 1. The lowest BCUT2D eigenvalue weighted by Crippen LogP contribution is -2.35. The second kappa shape index (κ2) is 5.99. The van der Waals surface area contributed by atoms with Crippen LogP contribution in [0.25, 0.3) is 0 Å². The van der Waals surface area contributed by atoms with Crippen molar-refractivity contribution in [2.24, 2.45) is 0 Å². The Morgan fingerprint density at radius 3 is 2.55 bits per heavy atom. The maximum Gasteiger partial charge on any atom is 0.195 e. The zero-order chi connectivity index (χ0) is 13.9. The Kier molecular flexibility index (Phi) is 4.10. The number of rotatable bonds is 2. The number of Topliss-reactive ketones (excluding diaryl/α,β-unsaturated/α-hetero) is 1. The lowest BCUT2D eigenvalue weighted by atomic mass is 10.1. The Bertz CT molecular complexity index is 511. The van der Waals surface area contributed by atoms with E-state index >= 15 is 0 Å². The molecule has 108 valence electrons. The van der Waals surface area contributed by atoms with Gasteiger partial charge in [-0.25, -0.2) is 0 Å². The van der Waals surface area contributed by atoms with E-state index in [0.29, 0.717) is 48.5 Å². The first-order chi connectivity index (χ1) is 9.75. The average Bonchev–Trinajstić information content (AvgIpc) is 2.71. The highest BCUT2D eigenvalue weighted by Gasteiger charge is 2.27. The van der Waals surface area contributed by atoms with E-state index in [1.807, 2.05) is 0 Å². The number of hydrogen-bond acceptors (Lipinski definition) is 5. The third-order valence-electron chi connectivity index (χ3n) is 3.21. The number of halogens is 1. The summed E-state index contributed by atoms with van der Waals surface area (Å²) in [5.74, 6) is 0.933. The fourth-order valence-electron chi connectivity index (χ4n) is 2.19. The summed E-state index contributed by atoms with van der Waals surface area (Å²) >= 11 is 6.18. The van der Waals surface area contributed by atoms with Crippen LogP contribution in [-0.4, -0.2) is 44.9 Å². The van der Waals surface area contributed by atoms with E-state index in [4.69, 9.17) is 30.5 Å². The van der Waals surface area contributed by atoms with Crippen LogP contribution in [0.1, 0.15) is 16.8 Å². The molecule has 1 saturated heterocycles. The number of ether oxygens (including phenoxy) is 4. The zero-order valence-corrected chi connectivity index (χ0v) is 11.6. The van der Waals surface area contributed by atoms with Crippen molar-refractivity contribution < 1.29 is 23.7 Å². The first-order valence-corrected chi connectivity index (χ1v) is 6.96.